The number of nitrogens with zero attached hydrogens (tertiary/aromatic N) is 2. The highest BCUT2D eigenvalue weighted by molar-refractivity contribution is 5.90. The fourth-order valence-electron chi connectivity index (χ4n) is 13.8. The van der Waals surface area contributed by atoms with Crippen molar-refractivity contribution in [2.45, 2.75) is 70.6 Å². The maximum absolute atomic E-state index is 6.05. The summed E-state index contributed by atoms with van der Waals surface area (Å²) < 4.78 is 12.1. The third kappa shape index (κ3) is 7.55. The summed E-state index contributed by atoms with van der Waals surface area (Å²) >= 11 is 0. The van der Waals surface area contributed by atoms with Crippen molar-refractivity contribution >= 4 is 34.1 Å². The van der Waals surface area contributed by atoms with E-state index in [-0.39, 0.29) is 16.2 Å². The summed E-state index contributed by atoms with van der Waals surface area (Å²) in [6.07, 6.45) is 0. The lowest BCUT2D eigenvalue weighted by molar-refractivity contribution is 0.369. The largest absolute Gasteiger partial charge is 0.496 e. The zero-order valence-corrected chi connectivity index (χ0v) is 46.2. The molecule has 384 valence electrons. The minimum absolute atomic E-state index is 0.154. The summed E-state index contributed by atoms with van der Waals surface area (Å²) in [4.78, 5) is 4.90. The topological polar surface area (TPSA) is 24.9 Å². The number of ether oxygens (including phenoxy) is 2. The van der Waals surface area contributed by atoms with Gasteiger partial charge in [-0.2, -0.15) is 0 Å². The van der Waals surface area contributed by atoms with Crippen LogP contribution < -0.4 is 19.3 Å². The van der Waals surface area contributed by atoms with Crippen LogP contribution >= 0.6 is 0 Å². The molecule has 4 nitrogen and oxygen atoms in total. The van der Waals surface area contributed by atoms with Crippen molar-refractivity contribution in [1.82, 2.24) is 0 Å². The van der Waals surface area contributed by atoms with Crippen molar-refractivity contribution in [3.63, 3.8) is 0 Å². The van der Waals surface area contributed by atoms with Gasteiger partial charge in [0.15, 0.2) is 0 Å². The molecule has 78 heavy (non-hydrogen) atoms. The number of benzene rings is 10. The Kier molecular flexibility index (Phi) is 11.7. The molecule has 0 aliphatic heterocycles. The van der Waals surface area contributed by atoms with Gasteiger partial charge in [-0.3, -0.25) is 0 Å². The molecule has 13 rings (SSSR count). The second kappa shape index (κ2) is 18.6. The summed E-state index contributed by atoms with van der Waals surface area (Å²) in [5.74, 6) is 2.34. The second-order valence-corrected chi connectivity index (χ2v) is 23.1. The molecule has 0 radical (unpaired) electrons. The number of methoxy groups -OCH3 is 2. The summed E-state index contributed by atoms with van der Waals surface area (Å²) in [5.41, 5.74) is 25.0. The molecule has 0 bridgehead atoms. The Morgan fingerprint density at radius 2 is 0.705 bits per heavy atom. The molecule has 0 saturated carbocycles. The minimum atomic E-state index is -0.305. The fraction of sp³-hybridized carbons (Fsp3) is 0.189. The maximum Gasteiger partial charge on any atom is 0.126 e. The van der Waals surface area contributed by atoms with Crippen molar-refractivity contribution in [3.8, 4) is 56.0 Å². The van der Waals surface area contributed by atoms with Gasteiger partial charge in [0.2, 0.25) is 0 Å². The molecule has 0 spiro atoms. The molecule has 3 atom stereocenters. The summed E-state index contributed by atoms with van der Waals surface area (Å²) in [6, 6.07) is 83.1. The van der Waals surface area contributed by atoms with Crippen LogP contribution in [0.4, 0.5) is 34.1 Å². The first-order valence-electron chi connectivity index (χ1n) is 27.6. The molecule has 3 aliphatic carbocycles. The molecular formula is C74H66N2O2. The first-order chi connectivity index (χ1) is 37.8. The SMILES string of the molecule is COc1ccc(N(c2ccc(C3(C)c4cc(N(c5ccc(OC)c(-c6ccccc6)c5)c5ccc6c(c5)C(C)(C)c5ccccc5-6)ccc4C(C)C3C)cc2)c2ccc3c(c2)C(C)(C)c2ccccc2-3)cc1-c1ccccc1. The van der Waals surface area contributed by atoms with Crippen LogP contribution in [-0.2, 0) is 16.2 Å². The van der Waals surface area contributed by atoms with E-state index in [2.05, 4.69) is 283 Å². The van der Waals surface area contributed by atoms with Crippen LogP contribution in [0.5, 0.6) is 11.5 Å². The molecule has 0 amide bonds. The number of hydrogen-bond donors (Lipinski definition) is 0. The van der Waals surface area contributed by atoms with Gasteiger partial charge in [0, 0.05) is 61.5 Å². The number of fused-ring (bicyclic) bond motifs is 7. The standard InChI is InChI=1S/C74H66N2O2/c1-47-48(2)74(7,51-28-30-52(31-29-51)75(53-35-40-70(77-8)63(42-53)49-20-12-10-13-21-49)55-33-38-61-59-24-16-18-26-65(59)72(3,4)67(61)44-55)69-46-57(32-37-58(47)69)76(54-36-41-71(78-9)64(43-54)50-22-14-11-15-23-50)56-34-39-62-60-25-17-19-27-66(60)73(5,6)68(62)45-56/h10-48H,1-9H3. The van der Waals surface area contributed by atoms with Crippen LogP contribution in [-0.4, -0.2) is 14.2 Å². The lowest BCUT2D eigenvalue weighted by Crippen LogP contribution is -2.28. The molecule has 3 aliphatic rings. The van der Waals surface area contributed by atoms with Gasteiger partial charge in [-0.05, 0) is 169 Å². The molecular weight excluding hydrogens is 949 g/mol. The highest BCUT2D eigenvalue weighted by atomic mass is 16.5. The third-order valence-corrected chi connectivity index (χ3v) is 18.4. The zero-order chi connectivity index (χ0) is 53.7. The summed E-state index contributed by atoms with van der Waals surface area (Å²) in [7, 11) is 3.52. The van der Waals surface area contributed by atoms with Crippen LogP contribution in [0, 0.1) is 5.92 Å². The number of anilines is 6. The molecule has 3 unspecified atom stereocenters. The van der Waals surface area contributed by atoms with E-state index >= 15 is 0 Å². The average Bonchev–Trinajstić information content (AvgIpc) is 4.16. The smallest absolute Gasteiger partial charge is 0.126 e. The second-order valence-electron chi connectivity index (χ2n) is 23.1. The summed E-state index contributed by atoms with van der Waals surface area (Å²) in [6.45, 7) is 16.8. The van der Waals surface area contributed by atoms with Crippen molar-refractivity contribution < 1.29 is 9.47 Å². The maximum atomic E-state index is 6.05. The Balaban J connectivity index is 0.944. The predicted octanol–water partition coefficient (Wildman–Crippen LogP) is 19.6. The van der Waals surface area contributed by atoms with E-state index in [0.29, 0.717) is 11.8 Å². The molecule has 4 heteroatoms. The van der Waals surface area contributed by atoms with E-state index in [4.69, 9.17) is 9.47 Å². The van der Waals surface area contributed by atoms with Gasteiger partial charge < -0.3 is 19.3 Å². The first kappa shape index (κ1) is 49.0. The molecule has 0 fully saturated rings. The Hall–Kier alpha value is -8.60. The van der Waals surface area contributed by atoms with E-state index in [1.807, 2.05) is 0 Å². The monoisotopic (exact) mass is 1010 g/mol. The normalized spacial score (nSPS) is 17.8. The van der Waals surface area contributed by atoms with Gasteiger partial charge in [0.25, 0.3) is 0 Å². The van der Waals surface area contributed by atoms with Crippen LogP contribution in [0.25, 0.3) is 44.5 Å². The Bertz CT molecular complexity index is 3950. The number of rotatable bonds is 11. The van der Waals surface area contributed by atoms with Crippen LogP contribution in [0.3, 0.4) is 0 Å². The van der Waals surface area contributed by atoms with E-state index in [0.717, 1.165) is 67.9 Å². The Morgan fingerprint density at radius 1 is 0.333 bits per heavy atom. The van der Waals surface area contributed by atoms with E-state index in [9.17, 15) is 0 Å². The molecule has 0 N–H and O–H groups in total. The fourth-order valence-corrected chi connectivity index (χ4v) is 13.8. The molecule has 0 saturated heterocycles. The van der Waals surface area contributed by atoms with Gasteiger partial charge in [0.1, 0.15) is 11.5 Å². The van der Waals surface area contributed by atoms with Crippen molar-refractivity contribution in [1.29, 1.82) is 0 Å². The van der Waals surface area contributed by atoms with Gasteiger partial charge in [-0.1, -0.05) is 188 Å². The van der Waals surface area contributed by atoms with Crippen molar-refractivity contribution in [2.24, 2.45) is 5.92 Å². The van der Waals surface area contributed by atoms with Crippen LogP contribution in [0.15, 0.2) is 224 Å². The Labute approximate surface area is 461 Å². The minimum Gasteiger partial charge on any atom is -0.496 e. The Morgan fingerprint density at radius 3 is 1.18 bits per heavy atom. The third-order valence-electron chi connectivity index (χ3n) is 18.4. The lowest BCUT2D eigenvalue weighted by Gasteiger charge is -2.35. The van der Waals surface area contributed by atoms with E-state index in [1.165, 1.54) is 61.2 Å². The first-order valence-corrected chi connectivity index (χ1v) is 27.6. The summed E-state index contributed by atoms with van der Waals surface area (Å²) in [5, 5.41) is 0. The van der Waals surface area contributed by atoms with Gasteiger partial charge >= 0.3 is 0 Å². The predicted molar refractivity (Wildman–Crippen MR) is 325 cm³/mol. The quantitative estimate of drug-likeness (QED) is 0.129. The van der Waals surface area contributed by atoms with Gasteiger partial charge in [-0.25, -0.2) is 0 Å². The highest BCUT2D eigenvalue weighted by Gasteiger charge is 2.47. The zero-order valence-electron chi connectivity index (χ0n) is 46.2. The van der Waals surface area contributed by atoms with Gasteiger partial charge in [0.05, 0.1) is 14.2 Å². The van der Waals surface area contributed by atoms with Crippen molar-refractivity contribution in [3.05, 3.63) is 263 Å². The van der Waals surface area contributed by atoms with Gasteiger partial charge in [-0.15, -0.1) is 0 Å². The molecule has 0 heterocycles. The van der Waals surface area contributed by atoms with Crippen LogP contribution in [0.2, 0.25) is 0 Å². The van der Waals surface area contributed by atoms with Crippen molar-refractivity contribution in [2.75, 3.05) is 24.0 Å². The van der Waals surface area contributed by atoms with E-state index in [1.54, 1.807) is 14.2 Å². The lowest BCUT2D eigenvalue weighted by atomic mass is 9.70. The van der Waals surface area contributed by atoms with E-state index < -0.39 is 0 Å². The van der Waals surface area contributed by atoms with Crippen LogP contribution in [0.1, 0.15) is 93.3 Å². The molecule has 10 aromatic rings. The highest BCUT2D eigenvalue weighted by Crippen LogP contribution is 2.57. The number of hydrogen-bond acceptors (Lipinski definition) is 4. The average molecular weight is 1020 g/mol. The molecule has 10 aromatic carbocycles. The molecule has 0 aromatic heterocycles.